The fraction of sp³-hybridized carbons (Fsp3) is 0.357. The maximum Gasteiger partial charge on any atom is 0.227 e. The third-order valence-electron chi connectivity index (χ3n) is 3.49. The van der Waals surface area contributed by atoms with Gasteiger partial charge in [0.25, 0.3) is 0 Å². The number of rotatable bonds is 2. The van der Waals surface area contributed by atoms with Crippen LogP contribution in [0.25, 0.3) is 10.9 Å². The summed E-state index contributed by atoms with van der Waals surface area (Å²) >= 11 is 0. The van der Waals surface area contributed by atoms with E-state index in [0.29, 0.717) is 25.9 Å². The van der Waals surface area contributed by atoms with Gasteiger partial charge in [0.1, 0.15) is 0 Å². The van der Waals surface area contributed by atoms with Crippen molar-refractivity contribution in [3.63, 3.8) is 0 Å². The first-order valence-electron chi connectivity index (χ1n) is 6.24. The molecule has 0 aliphatic carbocycles. The summed E-state index contributed by atoms with van der Waals surface area (Å²) < 4.78 is 0. The number of nitrogens with one attached hydrogen (secondary N) is 1. The van der Waals surface area contributed by atoms with Crippen LogP contribution in [0.2, 0.25) is 0 Å². The predicted molar refractivity (Wildman–Crippen MR) is 69.2 cm³/mol. The number of nitrogens with zero attached hydrogens (tertiary/aromatic N) is 1. The van der Waals surface area contributed by atoms with Crippen LogP contribution < -0.4 is 0 Å². The Bertz CT molecular complexity index is 576. The van der Waals surface area contributed by atoms with Gasteiger partial charge in [0.2, 0.25) is 5.91 Å². The van der Waals surface area contributed by atoms with Crippen LogP contribution in [0.1, 0.15) is 12.0 Å². The molecular weight excluding hydrogens is 228 g/mol. The highest BCUT2D eigenvalue weighted by Gasteiger charge is 2.24. The lowest BCUT2D eigenvalue weighted by molar-refractivity contribution is -0.129. The summed E-state index contributed by atoms with van der Waals surface area (Å²) in [6, 6.07) is 8.03. The summed E-state index contributed by atoms with van der Waals surface area (Å²) in [6.45, 7) is 1.15. The minimum absolute atomic E-state index is 0.0949. The number of aliphatic hydroxyl groups excluding tert-OH is 1. The third kappa shape index (κ3) is 2.11. The maximum absolute atomic E-state index is 12.0. The summed E-state index contributed by atoms with van der Waals surface area (Å²) in [5, 5.41) is 10.6. The molecule has 3 rings (SSSR count). The molecule has 18 heavy (non-hydrogen) atoms. The molecule has 4 nitrogen and oxygen atoms in total. The molecule has 2 N–H and O–H groups in total. The molecule has 1 aliphatic heterocycles. The van der Waals surface area contributed by atoms with E-state index in [2.05, 4.69) is 4.98 Å². The second-order valence-electron chi connectivity index (χ2n) is 4.86. The Morgan fingerprint density at radius 1 is 1.44 bits per heavy atom. The number of hydrogen-bond acceptors (Lipinski definition) is 2. The van der Waals surface area contributed by atoms with Crippen molar-refractivity contribution in [2.75, 3.05) is 13.1 Å². The predicted octanol–water partition coefficient (Wildman–Crippen LogP) is 1.30. The lowest BCUT2D eigenvalue weighted by atomic mass is 10.1. The van der Waals surface area contributed by atoms with Gasteiger partial charge < -0.3 is 15.0 Å². The number of H-pyrrole nitrogens is 1. The second-order valence-corrected chi connectivity index (χ2v) is 4.86. The molecule has 1 atom stereocenters. The molecule has 1 aliphatic rings. The van der Waals surface area contributed by atoms with Crippen LogP contribution in [-0.4, -0.2) is 40.1 Å². The highest BCUT2D eigenvalue weighted by atomic mass is 16.3. The Hall–Kier alpha value is -1.81. The van der Waals surface area contributed by atoms with Crippen molar-refractivity contribution in [2.24, 2.45) is 0 Å². The number of benzene rings is 1. The summed E-state index contributed by atoms with van der Waals surface area (Å²) in [4.78, 5) is 16.9. The van der Waals surface area contributed by atoms with E-state index in [1.165, 1.54) is 0 Å². The van der Waals surface area contributed by atoms with Crippen molar-refractivity contribution in [1.29, 1.82) is 0 Å². The number of amides is 1. The van der Waals surface area contributed by atoms with E-state index in [9.17, 15) is 9.90 Å². The van der Waals surface area contributed by atoms with Crippen molar-refractivity contribution in [3.8, 4) is 0 Å². The van der Waals surface area contributed by atoms with Crippen LogP contribution in [0.4, 0.5) is 0 Å². The number of aliphatic hydroxyl groups is 1. The van der Waals surface area contributed by atoms with E-state index in [0.717, 1.165) is 16.5 Å². The molecule has 4 heteroatoms. The average Bonchev–Trinajstić information content (AvgIpc) is 2.96. The molecule has 1 aromatic carbocycles. The van der Waals surface area contributed by atoms with Crippen LogP contribution in [-0.2, 0) is 11.2 Å². The number of carbonyl (C=O) groups is 1. The minimum Gasteiger partial charge on any atom is -0.391 e. The van der Waals surface area contributed by atoms with Crippen molar-refractivity contribution in [3.05, 3.63) is 36.0 Å². The Morgan fingerprint density at radius 3 is 3.11 bits per heavy atom. The summed E-state index contributed by atoms with van der Waals surface area (Å²) in [6.07, 6.45) is 2.65. The summed E-state index contributed by atoms with van der Waals surface area (Å²) in [5.41, 5.74) is 2.07. The number of β-amino-alcohol motifs (C(OH)–C–C–N with tert-alkyl or cyclic N) is 1. The van der Waals surface area contributed by atoms with E-state index < -0.39 is 0 Å². The first-order valence-corrected chi connectivity index (χ1v) is 6.24. The number of hydrogen-bond donors (Lipinski definition) is 2. The maximum atomic E-state index is 12.0. The molecule has 0 spiro atoms. The van der Waals surface area contributed by atoms with Crippen molar-refractivity contribution < 1.29 is 9.90 Å². The summed E-state index contributed by atoms with van der Waals surface area (Å²) in [7, 11) is 0. The number of fused-ring (bicyclic) bond motifs is 1. The topological polar surface area (TPSA) is 56.3 Å². The molecule has 1 fully saturated rings. The molecule has 0 bridgehead atoms. The van der Waals surface area contributed by atoms with Gasteiger partial charge >= 0.3 is 0 Å². The summed E-state index contributed by atoms with van der Waals surface area (Å²) in [5.74, 6) is 0.0949. The van der Waals surface area contributed by atoms with Gasteiger partial charge in [-0.15, -0.1) is 0 Å². The van der Waals surface area contributed by atoms with Gasteiger partial charge in [-0.3, -0.25) is 4.79 Å². The third-order valence-corrected chi connectivity index (χ3v) is 3.49. The highest BCUT2D eigenvalue weighted by molar-refractivity contribution is 5.83. The largest absolute Gasteiger partial charge is 0.391 e. The van der Waals surface area contributed by atoms with Crippen LogP contribution in [0.15, 0.2) is 30.5 Å². The first-order chi connectivity index (χ1) is 8.72. The first kappa shape index (κ1) is 11.3. The van der Waals surface area contributed by atoms with Gasteiger partial charge in [-0.2, -0.15) is 0 Å². The van der Waals surface area contributed by atoms with Gasteiger partial charge in [-0.1, -0.05) is 12.1 Å². The van der Waals surface area contributed by atoms with Crippen LogP contribution in [0.5, 0.6) is 0 Å². The molecule has 94 valence electrons. The van der Waals surface area contributed by atoms with E-state index in [1.54, 1.807) is 4.90 Å². The Kier molecular flexibility index (Phi) is 2.80. The highest BCUT2D eigenvalue weighted by Crippen LogP contribution is 2.16. The standard InChI is InChI=1S/C14H16N2O2/c17-12-4-6-16(9-12)14(18)8-10-1-2-11-3-5-15-13(11)7-10/h1-3,5,7,12,15,17H,4,6,8-9H2. The number of aromatic nitrogens is 1. The van der Waals surface area contributed by atoms with Gasteiger partial charge in [0, 0.05) is 24.8 Å². The number of aromatic amines is 1. The molecule has 1 amide bonds. The zero-order valence-electron chi connectivity index (χ0n) is 10.1. The van der Waals surface area contributed by atoms with Gasteiger partial charge in [0.15, 0.2) is 0 Å². The molecule has 1 unspecified atom stereocenters. The van der Waals surface area contributed by atoms with Crippen molar-refractivity contribution >= 4 is 16.8 Å². The zero-order chi connectivity index (χ0) is 12.5. The Balaban J connectivity index is 1.73. The molecule has 1 saturated heterocycles. The fourth-order valence-corrected chi connectivity index (χ4v) is 2.46. The number of likely N-dealkylation sites (tertiary alicyclic amines) is 1. The molecule has 2 aromatic rings. The monoisotopic (exact) mass is 244 g/mol. The Morgan fingerprint density at radius 2 is 2.33 bits per heavy atom. The molecule has 0 saturated carbocycles. The van der Waals surface area contributed by atoms with Crippen molar-refractivity contribution in [2.45, 2.75) is 18.9 Å². The zero-order valence-corrected chi connectivity index (χ0v) is 10.1. The molecule has 0 radical (unpaired) electrons. The quantitative estimate of drug-likeness (QED) is 0.836. The van der Waals surface area contributed by atoms with Gasteiger partial charge in [-0.25, -0.2) is 0 Å². The lowest BCUT2D eigenvalue weighted by Gasteiger charge is -2.15. The van der Waals surface area contributed by atoms with Crippen LogP contribution in [0, 0.1) is 0 Å². The van der Waals surface area contributed by atoms with E-state index in [-0.39, 0.29) is 12.0 Å². The van der Waals surface area contributed by atoms with Crippen LogP contribution in [0.3, 0.4) is 0 Å². The van der Waals surface area contributed by atoms with Crippen molar-refractivity contribution in [1.82, 2.24) is 9.88 Å². The fourth-order valence-electron chi connectivity index (χ4n) is 2.46. The van der Waals surface area contributed by atoms with Gasteiger partial charge in [0.05, 0.1) is 12.5 Å². The molecule has 2 heterocycles. The molecule has 1 aromatic heterocycles. The second kappa shape index (κ2) is 4.46. The van der Waals surface area contributed by atoms with E-state index in [4.69, 9.17) is 0 Å². The smallest absolute Gasteiger partial charge is 0.227 e. The Labute approximate surface area is 105 Å². The lowest BCUT2D eigenvalue weighted by Crippen LogP contribution is -2.30. The number of carbonyl (C=O) groups excluding carboxylic acids is 1. The van der Waals surface area contributed by atoms with E-state index >= 15 is 0 Å². The van der Waals surface area contributed by atoms with E-state index in [1.807, 2.05) is 30.5 Å². The van der Waals surface area contributed by atoms with Crippen LogP contribution >= 0.6 is 0 Å². The van der Waals surface area contributed by atoms with Gasteiger partial charge in [-0.05, 0) is 29.5 Å². The molecular formula is C14H16N2O2. The minimum atomic E-state index is -0.347. The SMILES string of the molecule is O=C(Cc1ccc2cc[nH]c2c1)N1CCC(O)C1. The normalized spacial score (nSPS) is 19.6. The average molecular weight is 244 g/mol.